The Bertz CT molecular complexity index is 5650. The molecule has 1 saturated heterocycles. The molecule has 1 aliphatic rings. The van der Waals surface area contributed by atoms with Gasteiger partial charge in [-0.3, -0.25) is 14.8 Å². The molecule has 1 unspecified atom stereocenters. The van der Waals surface area contributed by atoms with E-state index in [1.54, 1.807) is 136 Å². The van der Waals surface area contributed by atoms with Crippen LogP contribution in [-0.4, -0.2) is 127 Å². The highest BCUT2D eigenvalue weighted by molar-refractivity contribution is 7.89. The first-order valence-electron chi connectivity index (χ1n) is 37.1. The smallest absolute Gasteiger partial charge is 0.310 e. The Kier molecular flexibility index (Phi) is 25.7. The number of pyridine rings is 2. The molecule has 0 radical (unpaired) electrons. The van der Waals surface area contributed by atoms with Gasteiger partial charge in [0.15, 0.2) is 0 Å². The Morgan fingerprint density at radius 3 is 1.31 bits per heavy atom. The minimum absolute atomic E-state index is 0.00837. The van der Waals surface area contributed by atoms with E-state index in [9.17, 15) is 9.90 Å². The topological polar surface area (TPSA) is 285 Å². The number of hydrogen-bond acceptors (Lipinski definition) is 22. The molecule has 0 bridgehead atoms. The Morgan fingerprint density at radius 2 is 0.878 bits per heavy atom. The lowest BCUT2D eigenvalue weighted by molar-refractivity contribution is -0.154. The molecule has 10 aromatic carbocycles. The number of sulfonamides is 2. The number of hydrogen-bond donors (Lipinski definition) is 4. The molecule has 115 heavy (non-hydrogen) atoms. The van der Waals surface area contributed by atoms with Crippen molar-refractivity contribution in [2.24, 2.45) is 0 Å². The van der Waals surface area contributed by atoms with E-state index in [0.717, 1.165) is 72.1 Å². The largest absolute Gasteiger partial charge is 0.497 e. The third-order valence-electron chi connectivity index (χ3n) is 19.5. The molecule has 13 aromatic rings. The van der Waals surface area contributed by atoms with Crippen LogP contribution in [0.15, 0.2) is 253 Å². The summed E-state index contributed by atoms with van der Waals surface area (Å²) in [5, 5.41) is 27.5. The van der Waals surface area contributed by atoms with Gasteiger partial charge in [-0.05, 0) is 196 Å². The Balaban J connectivity index is 0.000000201. The number of methoxy groups -OCH3 is 6. The van der Waals surface area contributed by atoms with E-state index >= 15 is 16.8 Å². The van der Waals surface area contributed by atoms with Crippen LogP contribution in [0.1, 0.15) is 77.0 Å². The first-order chi connectivity index (χ1) is 55.7. The van der Waals surface area contributed by atoms with Crippen LogP contribution in [0, 0.1) is 0 Å². The van der Waals surface area contributed by atoms with Crippen molar-refractivity contribution in [1.82, 2.24) is 60.3 Å². The van der Waals surface area contributed by atoms with Crippen molar-refractivity contribution in [3.05, 3.63) is 293 Å². The van der Waals surface area contributed by atoms with Crippen LogP contribution < -0.4 is 44.9 Å². The monoisotopic (exact) mass is 1590 g/mol. The van der Waals surface area contributed by atoms with Gasteiger partial charge >= 0.3 is 5.97 Å². The van der Waals surface area contributed by atoms with E-state index in [0.29, 0.717) is 57.5 Å². The van der Waals surface area contributed by atoms with Gasteiger partial charge in [-0.1, -0.05) is 133 Å². The van der Waals surface area contributed by atoms with Crippen LogP contribution in [-0.2, 0) is 81.7 Å². The maximum Gasteiger partial charge on any atom is 0.310 e. The van der Waals surface area contributed by atoms with Crippen LogP contribution in [0.2, 0.25) is 0 Å². The third kappa shape index (κ3) is 19.1. The average molecular weight is 1590 g/mol. The highest BCUT2D eigenvalue weighted by Crippen LogP contribution is 2.45. The summed E-state index contributed by atoms with van der Waals surface area (Å²) < 4.78 is 104. The number of aromatic nitrogens is 6. The zero-order valence-corrected chi connectivity index (χ0v) is 66.9. The van der Waals surface area contributed by atoms with Crippen molar-refractivity contribution in [1.29, 1.82) is 0 Å². The fourth-order valence-electron chi connectivity index (χ4n) is 13.8. The first-order valence-corrected chi connectivity index (χ1v) is 40.0. The van der Waals surface area contributed by atoms with E-state index in [1.165, 1.54) is 13.4 Å². The van der Waals surface area contributed by atoms with Crippen LogP contribution >= 0.6 is 0 Å². The van der Waals surface area contributed by atoms with Gasteiger partial charge < -0.3 is 38.3 Å². The van der Waals surface area contributed by atoms with Gasteiger partial charge in [-0.2, -0.15) is 24.5 Å². The number of rotatable bonds is 30. The van der Waals surface area contributed by atoms with Crippen LogP contribution in [0.3, 0.4) is 0 Å². The van der Waals surface area contributed by atoms with Crippen molar-refractivity contribution in [2.75, 3.05) is 49.3 Å². The van der Waals surface area contributed by atoms with Crippen molar-refractivity contribution >= 4 is 47.8 Å². The summed E-state index contributed by atoms with van der Waals surface area (Å²) in [6.07, 6.45) is 2.42. The molecule has 27 heteroatoms. The van der Waals surface area contributed by atoms with Gasteiger partial charge in [-0.25, -0.2) is 27.3 Å². The van der Waals surface area contributed by atoms with E-state index in [2.05, 4.69) is 36.8 Å². The number of nitrogens with zero attached hydrogens (tertiary/aromatic N) is 9. The Labute approximate surface area is 669 Å². The summed E-state index contributed by atoms with van der Waals surface area (Å²) in [4.78, 5) is 24.4. The number of hydrazine groups is 3. The number of ether oxygens (including phenoxy) is 7. The molecule has 3 aromatic heterocycles. The molecule has 0 spiro atoms. The van der Waals surface area contributed by atoms with E-state index < -0.39 is 37.8 Å². The van der Waals surface area contributed by atoms with Crippen molar-refractivity contribution in [3.63, 3.8) is 0 Å². The number of carbonyl (C=O) groups is 1. The third-order valence-corrected chi connectivity index (χ3v) is 23.3. The standard InChI is InChI=1S/C46H50N6O7S.C42H40N6O6S/c1-46(2,3)59-42(53)27-34-18-25-40(38-9-7-11-41-39(38)10-8-26-47-41)43(45-48-49-50-52(45)30-33-16-23-37(58-6)24-17-33)44(34)60(54,55)51(28-31-12-19-35(56-4)20-13-31)29-32-14-21-36(57-5)22-15-32;1-52-33-16-9-29(10-17-33)26-47(27-30-11-18-34(53-2)19-12-30)55(50,51)41-32(23-25-49)15-22-38(36-6-4-8-39-37(36)7-5-24-43-39)40(41)42-44-46-48(45-42)28-31-13-20-35(54-3)21-14-31/h7-26,45,48-50H,27-30H2,1-6H3;4-22,24,49H,23,25-28H2,1-3H3. The predicted octanol–water partition coefficient (Wildman–Crippen LogP) is 13.8. The minimum Gasteiger partial charge on any atom is -0.497 e. The van der Waals surface area contributed by atoms with Gasteiger partial charge in [0.2, 0.25) is 25.9 Å². The molecule has 1 atom stereocenters. The molecule has 592 valence electrons. The molecular formula is C88H90N12O13S2. The molecule has 4 N–H and O–H groups in total. The molecule has 1 aliphatic heterocycles. The normalized spacial score (nSPS) is 13.2. The zero-order chi connectivity index (χ0) is 80.8. The second-order valence-electron chi connectivity index (χ2n) is 28.2. The highest BCUT2D eigenvalue weighted by Gasteiger charge is 2.40. The quantitative estimate of drug-likeness (QED) is 0.0304. The highest BCUT2D eigenvalue weighted by atomic mass is 32.2. The van der Waals surface area contributed by atoms with E-state index in [-0.39, 0.29) is 78.9 Å². The second kappa shape index (κ2) is 36.4. The second-order valence-corrected chi connectivity index (χ2v) is 31.9. The van der Waals surface area contributed by atoms with Crippen LogP contribution in [0.25, 0.3) is 55.4 Å². The minimum atomic E-state index is -4.50. The number of nitrogens with one attached hydrogen (secondary N) is 3. The first kappa shape index (κ1) is 81.0. The predicted molar refractivity (Wildman–Crippen MR) is 439 cm³/mol. The molecule has 25 nitrogen and oxygen atoms in total. The molecule has 0 aliphatic carbocycles. The van der Waals surface area contributed by atoms with Crippen LogP contribution in [0.4, 0.5) is 0 Å². The summed E-state index contributed by atoms with van der Waals surface area (Å²) in [5.74, 6) is 3.59. The fraction of sp³-hybridized carbons (Fsp3) is 0.227. The van der Waals surface area contributed by atoms with Crippen molar-refractivity contribution < 1.29 is 59.9 Å². The summed E-state index contributed by atoms with van der Waals surface area (Å²) in [6, 6.07) is 70.8. The zero-order valence-electron chi connectivity index (χ0n) is 65.2. The van der Waals surface area contributed by atoms with Gasteiger partial charge in [-0.15, -0.1) is 10.2 Å². The van der Waals surface area contributed by atoms with Gasteiger partial charge in [0.05, 0.1) is 82.0 Å². The maximum absolute atomic E-state index is 16.0. The SMILES string of the molecule is COc1ccc(CN(Cc2ccc(OC)cc2)S(=O)(=O)c2c(CCO)ccc(-c3cccc4ncccc34)c2-c2nnn(Cc3ccc(OC)cc3)n2)cc1.COc1ccc(CN2NNNC2c2c(-c3cccc4ncccc34)ccc(CC(=O)OC(C)(C)C)c2S(=O)(=O)N(Cc2ccc(OC)cc2)Cc2ccc(OC)cc2)cc1. The van der Waals surface area contributed by atoms with Crippen LogP contribution in [0.5, 0.6) is 34.5 Å². The van der Waals surface area contributed by atoms with Gasteiger partial charge in [0, 0.05) is 68.1 Å². The Morgan fingerprint density at radius 1 is 0.470 bits per heavy atom. The number of fused-ring (bicyclic) bond motifs is 2. The molecule has 1 fully saturated rings. The molecule has 4 heterocycles. The lowest BCUT2D eigenvalue weighted by Crippen LogP contribution is -2.38. The lowest BCUT2D eigenvalue weighted by atomic mass is 9.92. The number of carbonyl (C=O) groups excluding carboxylic acids is 1. The summed E-state index contributed by atoms with van der Waals surface area (Å²) in [7, 11) is 0.671. The van der Waals surface area contributed by atoms with E-state index in [4.69, 9.17) is 38.3 Å². The number of tetrazole rings is 1. The number of aliphatic hydroxyl groups excluding tert-OH is 1. The summed E-state index contributed by atoms with van der Waals surface area (Å²) >= 11 is 0. The molecule has 0 amide bonds. The molecule has 14 rings (SSSR count). The van der Waals surface area contributed by atoms with Crippen molar-refractivity contribution in [2.45, 2.75) is 94.4 Å². The van der Waals surface area contributed by atoms with Crippen molar-refractivity contribution in [3.8, 4) is 68.1 Å². The fourth-order valence-corrected chi connectivity index (χ4v) is 17.6. The molecule has 0 saturated carbocycles. The van der Waals surface area contributed by atoms with Gasteiger partial charge in [0.25, 0.3) is 0 Å². The summed E-state index contributed by atoms with van der Waals surface area (Å²) in [5.41, 5.74) is 19.2. The molecular weight excluding hydrogens is 1500 g/mol. The number of benzene rings is 10. The lowest BCUT2D eigenvalue weighted by Gasteiger charge is -2.31. The summed E-state index contributed by atoms with van der Waals surface area (Å²) in [6.45, 7) is 5.80. The van der Waals surface area contributed by atoms with Gasteiger partial charge in [0.1, 0.15) is 46.3 Å². The van der Waals surface area contributed by atoms with E-state index in [1.807, 2.05) is 175 Å². The average Bonchev–Trinajstić information content (AvgIpc) is 1.67. The number of aliphatic hydroxyl groups is 1. The Hall–Kier alpha value is -12.0. The maximum atomic E-state index is 16.0. The number of esters is 1.